The molecule has 0 radical (unpaired) electrons. The molecule has 4 nitrogen and oxygen atoms in total. The van der Waals surface area contributed by atoms with E-state index in [0.717, 1.165) is 2.88 Å². The van der Waals surface area contributed by atoms with Gasteiger partial charge < -0.3 is 10.4 Å². The van der Waals surface area contributed by atoms with Gasteiger partial charge in [0.05, 0.1) is 8.45 Å². The van der Waals surface area contributed by atoms with Crippen molar-refractivity contribution >= 4 is 45.8 Å². The average Bonchev–Trinajstić information content (AvgIpc) is 2.60. The predicted molar refractivity (Wildman–Crippen MR) is 66.2 cm³/mol. The first kappa shape index (κ1) is 12.4. The number of carbonyl (C=O) groups is 2. The maximum atomic E-state index is 11.6. The fourth-order valence-electron chi connectivity index (χ4n) is 1.01. The van der Waals surface area contributed by atoms with Crippen LogP contribution in [-0.4, -0.2) is 23.0 Å². The summed E-state index contributed by atoms with van der Waals surface area (Å²) in [7, 11) is 0. The summed E-state index contributed by atoms with van der Waals surface area (Å²) in [6, 6.07) is 0.921. The molecule has 1 rings (SSSR count). The number of thiophene rings is 1. The molecule has 1 aromatic heterocycles. The van der Waals surface area contributed by atoms with Gasteiger partial charge in [-0.15, -0.1) is 11.3 Å². The Bertz CT molecular complexity index is 377. The average molecular weight is 339 g/mol. The minimum atomic E-state index is -1.00. The van der Waals surface area contributed by atoms with Crippen molar-refractivity contribution in [3.63, 3.8) is 0 Å². The van der Waals surface area contributed by atoms with Crippen LogP contribution in [0, 0.1) is 2.88 Å². The molecule has 2 N–H and O–H groups in total. The van der Waals surface area contributed by atoms with Crippen molar-refractivity contribution in [2.75, 3.05) is 0 Å². The Balaban J connectivity index is 2.66. The summed E-state index contributed by atoms with van der Waals surface area (Å²) < 4.78 is 1.00. The van der Waals surface area contributed by atoms with Crippen LogP contribution < -0.4 is 5.32 Å². The number of carbonyl (C=O) groups excluding carboxylic acids is 1. The van der Waals surface area contributed by atoms with E-state index in [-0.39, 0.29) is 5.91 Å². The highest BCUT2D eigenvalue weighted by Crippen LogP contribution is 2.16. The molecule has 1 heterocycles. The van der Waals surface area contributed by atoms with Crippen LogP contribution in [0.15, 0.2) is 11.4 Å². The van der Waals surface area contributed by atoms with Gasteiger partial charge in [-0.1, -0.05) is 6.92 Å². The van der Waals surface area contributed by atoms with Crippen molar-refractivity contribution in [2.45, 2.75) is 19.4 Å². The molecule has 0 saturated heterocycles. The number of amides is 1. The standard InChI is InChI=1S/C9H10INO3S/c1-2-6(9(13)14)11-8(12)5-3-7(10)15-4-5/h3-4,6H,2H2,1H3,(H,11,12)(H,13,14). The minimum Gasteiger partial charge on any atom is -0.480 e. The van der Waals surface area contributed by atoms with Crippen molar-refractivity contribution in [3.05, 3.63) is 19.9 Å². The lowest BCUT2D eigenvalue weighted by Gasteiger charge is -2.10. The van der Waals surface area contributed by atoms with Crippen LogP contribution in [-0.2, 0) is 4.79 Å². The summed E-state index contributed by atoms with van der Waals surface area (Å²) in [4.78, 5) is 22.2. The van der Waals surface area contributed by atoms with E-state index in [2.05, 4.69) is 27.9 Å². The Morgan fingerprint density at radius 1 is 1.67 bits per heavy atom. The second kappa shape index (κ2) is 5.45. The number of nitrogens with one attached hydrogen (secondary N) is 1. The Morgan fingerprint density at radius 3 is 2.73 bits per heavy atom. The molecule has 0 aliphatic heterocycles. The fourth-order valence-corrected chi connectivity index (χ4v) is 2.34. The first-order valence-corrected chi connectivity index (χ1v) is 6.28. The summed E-state index contributed by atoms with van der Waals surface area (Å²) in [5.74, 6) is -1.33. The molecule has 82 valence electrons. The molecule has 0 saturated carbocycles. The number of hydrogen-bond donors (Lipinski definition) is 2. The Kier molecular flexibility index (Phi) is 4.52. The van der Waals surface area contributed by atoms with Crippen LogP contribution in [0.25, 0.3) is 0 Å². The molecule has 0 aliphatic rings. The summed E-state index contributed by atoms with van der Waals surface area (Å²) >= 11 is 3.57. The van der Waals surface area contributed by atoms with E-state index < -0.39 is 12.0 Å². The van der Waals surface area contributed by atoms with Gasteiger partial charge in [0.25, 0.3) is 5.91 Å². The van der Waals surface area contributed by atoms with Crippen LogP contribution in [0.3, 0.4) is 0 Å². The van der Waals surface area contributed by atoms with E-state index in [1.54, 1.807) is 18.4 Å². The SMILES string of the molecule is CCC(NC(=O)c1csc(I)c1)C(=O)O. The number of carboxylic acid groups (broad SMARTS) is 1. The van der Waals surface area contributed by atoms with Crippen molar-refractivity contribution < 1.29 is 14.7 Å². The first-order chi connectivity index (χ1) is 7.04. The van der Waals surface area contributed by atoms with Crippen LogP contribution >= 0.6 is 33.9 Å². The molecule has 0 spiro atoms. The summed E-state index contributed by atoms with van der Waals surface area (Å²) in [6.45, 7) is 1.72. The van der Waals surface area contributed by atoms with Crippen LogP contribution in [0.5, 0.6) is 0 Å². The number of halogens is 1. The molecule has 0 fully saturated rings. The minimum absolute atomic E-state index is 0.330. The Morgan fingerprint density at radius 2 is 2.33 bits per heavy atom. The van der Waals surface area contributed by atoms with Gasteiger partial charge in [0.15, 0.2) is 0 Å². The molecule has 0 bridgehead atoms. The maximum Gasteiger partial charge on any atom is 0.326 e. The zero-order chi connectivity index (χ0) is 11.4. The van der Waals surface area contributed by atoms with Gasteiger partial charge in [-0.25, -0.2) is 4.79 Å². The predicted octanol–water partition coefficient (Wildman–Crippen LogP) is 1.95. The molecule has 15 heavy (non-hydrogen) atoms. The summed E-state index contributed by atoms with van der Waals surface area (Å²) in [5, 5.41) is 12.9. The van der Waals surface area contributed by atoms with Crippen molar-refractivity contribution in [1.29, 1.82) is 0 Å². The lowest BCUT2D eigenvalue weighted by molar-refractivity contribution is -0.139. The molecule has 1 unspecified atom stereocenters. The van der Waals surface area contributed by atoms with Crippen molar-refractivity contribution in [1.82, 2.24) is 5.32 Å². The van der Waals surface area contributed by atoms with Crippen LogP contribution in [0.4, 0.5) is 0 Å². The molecule has 0 aromatic carbocycles. The highest BCUT2D eigenvalue weighted by atomic mass is 127. The number of hydrogen-bond acceptors (Lipinski definition) is 3. The van der Waals surface area contributed by atoms with Gasteiger partial charge in [-0.3, -0.25) is 4.79 Å². The molecule has 1 atom stereocenters. The normalized spacial score (nSPS) is 12.1. The van der Waals surface area contributed by atoms with E-state index in [0.29, 0.717) is 12.0 Å². The highest BCUT2D eigenvalue weighted by molar-refractivity contribution is 14.1. The molecule has 1 aromatic rings. The molecule has 1 amide bonds. The largest absolute Gasteiger partial charge is 0.480 e. The van der Waals surface area contributed by atoms with Gasteiger partial charge in [0, 0.05) is 5.38 Å². The molecule has 0 aliphatic carbocycles. The van der Waals surface area contributed by atoms with Gasteiger partial charge in [-0.05, 0) is 35.1 Å². The Labute approximate surface area is 105 Å². The topological polar surface area (TPSA) is 66.4 Å². The van der Waals surface area contributed by atoms with Crippen LogP contribution in [0.1, 0.15) is 23.7 Å². The quantitative estimate of drug-likeness (QED) is 0.824. The van der Waals surface area contributed by atoms with Gasteiger partial charge in [0.1, 0.15) is 6.04 Å². The molecular formula is C9H10INO3S. The van der Waals surface area contributed by atoms with E-state index in [9.17, 15) is 9.59 Å². The number of carboxylic acids is 1. The smallest absolute Gasteiger partial charge is 0.326 e. The van der Waals surface area contributed by atoms with Crippen LogP contribution in [0.2, 0.25) is 0 Å². The Hall–Kier alpha value is -0.630. The maximum absolute atomic E-state index is 11.6. The summed E-state index contributed by atoms with van der Waals surface area (Å²) in [5.41, 5.74) is 0.518. The number of aliphatic carboxylic acids is 1. The van der Waals surface area contributed by atoms with E-state index in [1.807, 2.05) is 0 Å². The van der Waals surface area contributed by atoms with Crippen molar-refractivity contribution in [3.8, 4) is 0 Å². The second-order valence-corrected chi connectivity index (χ2v) is 5.72. The zero-order valence-corrected chi connectivity index (χ0v) is 11.0. The van der Waals surface area contributed by atoms with Gasteiger partial charge >= 0.3 is 5.97 Å². The lowest BCUT2D eigenvalue weighted by atomic mass is 10.2. The molecule has 6 heteroatoms. The number of rotatable bonds is 4. The third kappa shape index (κ3) is 3.45. The van der Waals surface area contributed by atoms with Gasteiger partial charge in [-0.2, -0.15) is 0 Å². The van der Waals surface area contributed by atoms with E-state index >= 15 is 0 Å². The molecular weight excluding hydrogens is 329 g/mol. The third-order valence-electron chi connectivity index (χ3n) is 1.84. The van der Waals surface area contributed by atoms with E-state index in [1.165, 1.54) is 11.3 Å². The van der Waals surface area contributed by atoms with E-state index in [4.69, 9.17) is 5.11 Å². The van der Waals surface area contributed by atoms with Crippen molar-refractivity contribution in [2.24, 2.45) is 0 Å². The fraction of sp³-hybridized carbons (Fsp3) is 0.333. The second-order valence-electron chi connectivity index (χ2n) is 2.91. The zero-order valence-electron chi connectivity index (χ0n) is 7.99. The van der Waals surface area contributed by atoms with Gasteiger partial charge in [0.2, 0.25) is 0 Å². The summed E-state index contributed by atoms with van der Waals surface area (Å²) in [6.07, 6.45) is 0.377. The monoisotopic (exact) mass is 339 g/mol. The first-order valence-electron chi connectivity index (χ1n) is 4.32. The lowest BCUT2D eigenvalue weighted by Crippen LogP contribution is -2.40. The highest BCUT2D eigenvalue weighted by Gasteiger charge is 2.18. The third-order valence-corrected chi connectivity index (χ3v) is 3.63.